The summed E-state index contributed by atoms with van der Waals surface area (Å²) in [5.74, 6) is 1.18. The minimum absolute atomic E-state index is 0.0437. The van der Waals surface area contributed by atoms with Gasteiger partial charge in [-0.1, -0.05) is 12.1 Å². The summed E-state index contributed by atoms with van der Waals surface area (Å²) in [6.07, 6.45) is 1.85. The van der Waals surface area contributed by atoms with Gasteiger partial charge in [-0.05, 0) is 74.6 Å². The van der Waals surface area contributed by atoms with E-state index in [0.29, 0.717) is 49.8 Å². The monoisotopic (exact) mass is 472 g/mol. The number of amides is 1. The highest BCUT2D eigenvalue weighted by Gasteiger charge is 2.32. The molecule has 2 aromatic carbocycles. The number of aryl methyl sites for hydroxylation is 2. The van der Waals surface area contributed by atoms with Crippen LogP contribution in [0.3, 0.4) is 0 Å². The molecule has 2 aromatic rings. The second-order valence-corrected chi connectivity index (χ2v) is 10.8. The van der Waals surface area contributed by atoms with Crippen molar-refractivity contribution in [1.82, 2.24) is 9.62 Å². The van der Waals surface area contributed by atoms with Gasteiger partial charge in [0.15, 0.2) is 11.5 Å². The molecule has 0 saturated carbocycles. The fourth-order valence-corrected chi connectivity index (χ4v) is 5.80. The number of carbonyl (C=O) groups is 1. The van der Waals surface area contributed by atoms with Gasteiger partial charge in [-0.3, -0.25) is 4.79 Å². The van der Waals surface area contributed by atoms with Gasteiger partial charge in [-0.2, -0.15) is 4.31 Å². The zero-order valence-corrected chi connectivity index (χ0v) is 20.3. The summed E-state index contributed by atoms with van der Waals surface area (Å²) in [6.45, 7) is 7.74. The van der Waals surface area contributed by atoms with Gasteiger partial charge in [-0.25, -0.2) is 8.42 Å². The smallest absolute Gasteiger partial charge is 0.243 e. The molecule has 0 aliphatic carbocycles. The lowest BCUT2D eigenvalue weighted by atomic mass is 9.96. The summed E-state index contributed by atoms with van der Waals surface area (Å²) >= 11 is 0. The van der Waals surface area contributed by atoms with E-state index in [2.05, 4.69) is 5.32 Å². The molecule has 1 atom stereocenters. The van der Waals surface area contributed by atoms with Crippen molar-refractivity contribution in [1.29, 1.82) is 0 Å². The zero-order valence-electron chi connectivity index (χ0n) is 19.5. The highest BCUT2D eigenvalue weighted by molar-refractivity contribution is 7.89. The lowest BCUT2D eigenvalue weighted by molar-refractivity contribution is -0.126. The largest absolute Gasteiger partial charge is 0.490 e. The first-order valence-corrected chi connectivity index (χ1v) is 13.0. The Morgan fingerprint density at radius 1 is 1.00 bits per heavy atom. The van der Waals surface area contributed by atoms with E-state index in [9.17, 15) is 13.2 Å². The van der Waals surface area contributed by atoms with Crippen LogP contribution in [-0.2, 0) is 14.8 Å². The van der Waals surface area contributed by atoms with E-state index >= 15 is 0 Å². The number of nitrogens with zero attached hydrogens (tertiary/aromatic N) is 1. The maximum absolute atomic E-state index is 13.0. The average Bonchev–Trinajstić information content (AvgIpc) is 3.05. The number of piperidine rings is 1. The van der Waals surface area contributed by atoms with Gasteiger partial charge in [0, 0.05) is 25.4 Å². The molecule has 4 rings (SSSR count). The molecule has 0 radical (unpaired) electrons. The maximum Gasteiger partial charge on any atom is 0.243 e. The van der Waals surface area contributed by atoms with Crippen LogP contribution in [0, 0.1) is 19.8 Å². The van der Waals surface area contributed by atoms with E-state index in [1.807, 2.05) is 45.0 Å². The Morgan fingerprint density at radius 2 is 1.70 bits per heavy atom. The third-order valence-corrected chi connectivity index (χ3v) is 8.47. The molecule has 1 saturated heterocycles. The molecule has 1 amide bonds. The molecule has 1 N–H and O–H groups in total. The van der Waals surface area contributed by atoms with E-state index in [-0.39, 0.29) is 17.9 Å². The van der Waals surface area contributed by atoms with Crippen molar-refractivity contribution in [2.45, 2.75) is 51.0 Å². The topological polar surface area (TPSA) is 84.9 Å². The molecular weight excluding hydrogens is 440 g/mol. The fourth-order valence-electron chi connectivity index (χ4n) is 4.25. The van der Waals surface area contributed by atoms with Gasteiger partial charge in [-0.15, -0.1) is 0 Å². The molecule has 0 aromatic heterocycles. The van der Waals surface area contributed by atoms with Crippen LogP contribution >= 0.6 is 0 Å². The van der Waals surface area contributed by atoms with Crippen LogP contribution in [-0.4, -0.2) is 44.9 Å². The van der Waals surface area contributed by atoms with E-state index in [1.54, 1.807) is 12.1 Å². The number of carbonyl (C=O) groups excluding carboxylic acids is 1. The predicted molar refractivity (Wildman–Crippen MR) is 126 cm³/mol. The van der Waals surface area contributed by atoms with Crippen molar-refractivity contribution in [3.63, 3.8) is 0 Å². The standard InChI is InChI=1S/C25H32N2O5S/c1-17-5-7-22(15-18(17)2)33(29,30)27-11-9-20(10-12-27)25(28)26-19(3)21-6-8-23-24(16-21)32-14-4-13-31-23/h5-8,15-16,19-20H,4,9-14H2,1-3H3,(H,26,28)/t19-/m0/s1. The average molecular weight is 473 g/mol. The predicted octanol–water partition coefficient (Wildman–Crippen LogP) is 3.74. The molecule has 7 nitrogen and oxygen atoms in total. The van der Waals surface area contributed by atoms with Gasteiger partial charge in [0.25, 0.3) is 0 Å². The summed E-state index contributed by atoms with van der Waals surface area (Å²) in [5.41, 5.74) is 2.96. The lowest BCUT2D eigenvalue weighted by Crippen LogP contribution is -2.43. The Labute approximate surface area is 196 Å². The Kier molecular flexibility index (Phi) is 6.95. The second-order valence-electron chi connectivity index (χ2n) is 8.91. The Hall–Kier alpha value is -2.58. The van der Waals surface area contributed by atoms with Crippen molar-refractivity contribution in [3.8, 4) is 11.5 Å². The molecule has 8 heteroatoms. The van der Waals surface area contributed by atoms with Crippen LogP contribution in [0.1, 0.15) is 48.9 Å². The van der Waals surface area contributed by atoms with Crippen LogP contribution in [0.15, 0.2) is 41.3 Å². The normalized spacial score (nSPS) is 18.4. The number of hydrogen-bond donors (Lipinski definition) is 1. The molecule has 2 aliphatic rings. The number of fused-ring (bicyclic) bond motifs is 1. The summed E-state index contributed by atoms with van der Waals surface area (Å²) in [7, 11) is -3.55. The highest BCUT2D eigenvalue weighted by Crippen LogP contribution is 2.32. The van der Waals surface area contributed by atoms with E-state index < -0.39 is 10.0 Å². The van der Waals surface area contributed by atoms with E-state index in [0.717, 1.165) is 28.9 Å². The first kappa shape index (κ1) is 23.6. The molecule has 0 bridgehead atoms. The van der Waals surface area contributed by atoms with Gasteiger partial charge >= 0.3 is 0 Å². The molecular formula is C25H32N2O5S. The van der Waals surface area contributed by atoms with Gasteiger partial charge < -0.3 is 14.8 Å². The number of benzene rings is 2. The third kappa shape index (κ3) is 5.17. The minimum Gasteiger partial charge on any atom is -0.490 e. The second kappa shape index (κ2) is 9.73. The first-order valence-electron chi connectivity index (χ1n) is 11.5. The molecule has 0 unspecified atom stereocenters. The van der Waals surface area contributed by atoms with E-state index in [4.69, 9.17) is 9.47 Å². The van der Waals surface area contributed by atoms with Gasteiger partial charge in [0.05, 0.1) is 24.2 Å². The Morgan fingerprint density at radius 3 is 2.39 bits per heavy atom. The SMILES string of the molecule is Cc1ccc(S(=O)(=O)N2CCC(C(=O)N[C@@H](C)c3ccc4c(c3)OCCCO4)CC2)cc1C. The minimum atomic E-state index is -3.55. The third-order valence-electron chi connectivity index (χ3n) is 6.57. The summed E-state index contributed by atoms with van der Waals surface area (Å²) in [4.78, 5) is 13.2. The summed E-state index contributed by atoms with van der Waals surface area (Å²) in [6, 6.07) is 10.8. The Bertz CT molecular complexity index is 1120. The number of hydrogen-bond acceptors (Lipinski definition) is 5. The number of nitrogens with one attached hydrogen (secondary N) is 1. The molecule has 178 valence electrons. The van der Waals surface area contributed by atoms with Crippen LogP contribution in [0.2, 0.25) is 0 Å². The Balaban J connectivity index is 1.35. The number of rotatable bonds is 5. The van der Waals surface area contributed by atoms with Crippen LogP contribution in [0.25, 0.3) is 0 Å². The molecule has 0 spiro atoms. The molecule has 1 fully saturated rings. The van der Waals surface area contributed by atoms with Crippen LogP contribution < -0.4 is 14.8 Å². The van der Waals surface area contributed by atoms with Gasteiger partial charge in [0.1, 0.15) is 0 Å². The van der Waals surface area contributed by atoms with Crippen LogP contribution in [0.4, 0.5) is 0 Å². The van der Waals surface area contributed by atoms with Crippen LogP contribution in [0.5, 0.6) is 11.5 Å². The summed E-state index contributed by atoms with van der Waals surface area (Å²) in [5, 5.41) is 3.08. The van der Waals surface area contributed by atoms with Crippen molar-refractivity contribution in [2.75, 3.05) is 26.3 Å². The zero-order chi connectivity index (χ0) is 23.6. The highest BCUT2D eigenvalue weighted by atomic mass is 32.2. The van der Waals surface area contributed by atoms with E-state index in [1.165, 1.54) is 4.31 Å². The molecule has 2 heterocycles. The number of sulfonamides is 1. The van der Waals surface area contributed by atoms with Gasteiger partial charge in [0.2, 0.25) is 15.9 Å². The lowest BCUT2D eigenvalue weighted by Gasteiger charge is -2.31. The molecule has 2 aliphatic heterocycles. The summed E-state index contributed by atoms with van der Waals surface area (Å²) < 4.78 is 39.0. The number of ether oxygens (including phenoxy) is 2. The van der Waals surface area contributed by atoms with Crippen molar-refractivity contribution in [2.24, 2.45) is 5.92 Å². The first-order chi connectivity index (χ1) is 15.8. The van der Waals surface area contributed by atoms with Crippen molar-refractivity contribution in [3.05, 3.63) is 53.1 Å². The quantitative estimate of drug-likeness (QED) is 0.717. The van der Waals surface area contributed by atoms with Crippen molar-refractivity contribution < 1.29 is 22.7 Å². The van der Waals surface area contributed by atoms with Crippen molar-refractivity contribution >= 4 is 15.9 Å². The maximum atomic E-state index is 13.0. The fraction of sp³-hybridized carbons (Fsp3) is 0.480. The molecule has 33 heavy (non-hydrogen) atoms.